The van der Waals surface area contributed by atoms with E-state index in [9.17, 15) is 9.90 Å². The zero-order chi connectivity index (χ0) is 21.3. The molecule has 4 aromatic rings. The van der Waals surface area contributed by atoms with Crippen LogP contribution in [0.5, 0.6) is 0 Å². The zero-order valence-electron chi connectivity index (χ0n) is 17.0. The number of thioether (sulfide) groups is 1. The monoisotopic (exact) mass is 418 g/mol. The largest absolute Gasteiger partial charge is 0.477 e. The average Bonchev–Trinajstić information content (AvgIpc) is 3.33. The molecule has 0 radical (unpaired) electrons. The van der Waals surface area contributed by atoms with E-state index in [-0.39, 0.29) is 4.91 Å². The summed E-state index contributed by atoms with van der Waals surface area (Å²) in [6.45, 7) is 6.06. The van der Waals surface area contributed by atoms with Crippen molar-refractivity contribution in [1.82, 2.24) is 20.2 Å². The van der Waals surface area contributed by atoms with Gasteiger partial charge < -0.3 is 10.1 Å². The lowest BCUT2D eigenvalue weighted by Crippen LogP contribution is -1.97. The maximum Gasteiger partial charge on any atom is 0.342 e. The third kappa shape index (κ3) is 3.89. The van der Waals surface area contributed by atoms with Gasteiger partial charge in [-0.05, 0) is 48.9 Å². The average molecular weight is 419 g/mol. The maximum atomic E-state index is 12.1. The van der Waals surface area contributed by atoms with E-state index in [4.69, 9.17) is 0 Å². The molecule has 0 fully saturated rings. The molecule has 0 aliphatic carbocycles. The summed E-state index contributed by atoms with van der Waals surface area (Å²) in [7, 11) is 0. The summed E-state index contributed by atoms with van der Waals surface area (Å²) >= 11 is 1.05. The minimum absolute atomic E-state index is 0.161. The van der Waals surface area contributed by atoms with Crippen molar-refractivity contribution in [2.24, 2.45) is 0 Å². The van der Waals surface area contributed by atoms with Crippen molar-refractivity contribution in [1.29, 1.82) is 0 Å². The smallest absolute Gasteiger partial charge is 0.342 e. The molecule has 0 bridgehead atoms. The summed E-state index contributed by atoms with van der Waals surface area (Å²) < 4.78 is 0. The Labute approximate surface area is 178 Å². The molecular formula is C23H22N4O2S. The summed E-state index contributed by atoms with van der Waals surface area (Å²) in [6, 6.07) is 14.1. The van der Waals surface area contributed by atoms with Crippen LogP contribution >= 0.6 is 11.8 Å². The van der Waals surface area contributed by atoms with E-state index in [1.807, 2.05) is 44.2 Å². The maximum absolute atomic E-state index is 12.1. The van der Waals surface area contributed by atoms with Gasteiger partial charge in [0.25, 0.3) is 0 Å². The number of fused-ring (bicyclic) bond motifs is 1. The fourth-order valence-electron chi connectivity index (χ4n) is 3.50. The highest BCUT2D eigenvalue weighted by Crippen LogP contribution is 2.36. The fraction of sp³-hybridized carbons (Fsp3) is 0.174. The van der Waals surface area contributed by atoms with Crippen molar-refractivity contribution in [3.05, 3.63) is 69.9 Å². The van der Waals surface area contributed by atoms with Crippen LogP contribution in [-0.2, 0) is 11.2 Å². The molecule has 2 aromatic heterocycles. The van der Waals surface area contributed by atoms with Crippen LogP contribution in [0.4, 0.5) is 0 Å². The first-order chi connectivity index (χ1) is 14.5. The Kier molecular flexibility index (Phi) is 5.46. The molecule has 2 heterocycles. The van der Waals surface area contributed by atoms with Gasteiger partial charge in [-0.1, -0.05) is 48.9 Å². The number of H-pyrrole nitrogens is 2. The van der Waals surface area contributed by atoms with Crippen LogP contribution in [0.2, 0.25) is 0 Å². The molecule has 7 heteroatoms. The zero-order valence-corrected chi connectivity index (χ0v) is 17.8. The van der Waals surface area contributed by atoms with Crippen LogP contribution < -0.4 is 0 Å². The summed E-state index contributed by atoms with van der Waals surface area (Å²) in [5.41, 5.74) is 5.99. The standard InChI is InChI=1S/C23H22N4O2S/c1-4-19-24-23(27-26-19)30-18(22(28)29)12-17-16-11-13(2)10-14(3)20(16)25-21(17)15-8-6-5-7-9-15/h5-12,25H,4H2,1-3H3,(H,28,29)(H,24,26,27)/b18-12-. The first kappa shape index (κ1) is 20.0. The second kappa shape index (κ2) is 8.20. The predicted octanol–water partition coefficient (Wildman–Crippen LogP) is 5.35. The number of nitrogens with one attached hydrogen (secondary N) is 2. The number of aryl methyl sites for hydroxylation is 3. The molecule has 0 spiro atoms. The highest BCUT2D eigenvalue weighted by atomic mass is 32.2. The van der Waals surface area contributed by atoms with Crippen molar-refractivity contribution < 1.29 is 9.90 Å². The Morgan fingerprint density at radius 3 is 2.63 bits per heavy atom. The fourth-order valence-corrected chi connectivity index (χ4v) is 4.21. The summed E-state index contributed by atoms with van der Waals surface area (Å²) in [5, 5.41) is 18.2. The number of aliphatic carboxylic acids is 1. The molecule has 3 N–H and O–H groups in total. The highest BCUT2D eigenvalue weighted by Gasteiger charge is 2.18. The van der Waals surface area contributed by atoms with E-state index in [1.54, 1.807) is 6.08 Å². The van der Waals surface area contributed by atoms with Crippen LogP contribution in [0, 0.1) is 13.8 Å². The van der Waals surface area contributed by atoms with E-state index in [1.165, 1.54) is 0 Å². The van der Waals surface area contributed by atoms with Gasteiger partial charge in [-0.2, -0.15) is 0 Å². The van der Waals surface area contributed by atoms with Gasteiger partial charge in [-0.3, -0.25) is 5.10 Å². The van der Waals surface area contributed by atoms with Gasteiger partial charge >= 0.3 is 5.97 Å². The van der Waals surface area contributed by atoms with Gasteiger partial charge in [0.2, 0.25) is 5.16 Å². The number of carbonyl (C=O) groups is 1. The first-order valence-corrected chi connectivity index (χ1v) is 10.5. The number of rotatable bonds is 6. The normalized spacial score (nSPS) is 11.9. The minimum Gasteiger partial charge on any atom is -0.477 e. The van der Waals surface area contributed by atoms with Crippen molar-refractivity contribution in [2.45, 2.75) is 32.3 Å². The molecule has 30 heavy (non-hydrogen) atoms. The number of hydrogen-bond acceptors (Lipinski definition) is 4. The molecule has 6 nitrogen and oxygen atoms in total. The third-order valence-electron chi connectivity index (χ3n) is 4.89. The third-order valence-corrected chi connectivity index (χ3v) is 5.76. The predicted molar refractivity (Wildman–Crippen MR) is 120 cm³/mol. The highest BCUT2D eigenvalue weighted by molar-refractivity contribution is 8.04. The van der Waals surface area contributed by atoms with Gasteiger partial charge in [-0.25, -0.2) is 9.78 Å². The van der Waals surface area contributed by atoms with Crippen molar-refractivity contribution >= 4 is 34.7 Å². The second-order valence-electron chi connectivity index (χ2n) is 7.12. The van der Waals surface area contributed by atoms with Gasteiger partial charge in [0, 0.05) is 22.9 Å². The van der Waals surface area contributed by atoms with Crippen LogP contribution in [0.3, 0.4) is 0 Å². The molecule has 0 aliphatic heterocycles. The number of aromatic amines is 2. The first-order valence-electron chi connectivity index (χ1n) is 9.68. The van der Waals surface area contributed by atoms with E-state index in [0.29, 0.717) is 11.6 Å². The molecule has 152 valence electrons. The van der Waals surface area contributed by atoms with Gasteiger partial charge in [0.05, 0.1) is 5.69 Å². The number of carboxylic acids is 1. The molecular weight excluding hydrogens is 396 g/mol. The Bertz CT molecular complexity index is 1260. The van der Waals surface area contributed by atoms with Gasteiger partial charge in [0.1, 0.15) is 10.7 Å². The number of nitrogens with zero attached hydrogens (tertiary/aromatic N) is 2. The van der Waals surface area contributed by atoms with Gasteiger partial charge in [-0.15, -0.1) is 5.10 Å². The van der Waals surface area contributed by atoms with Crippen molar-refractivity contribution in [2.75, 3.05) is 0 Å². The van der Waals surface area contributed by atoms with Crippen LogP contribution in [0.25, 0.3) is 28.2 Å². The van der Waals surface area contributed by atoms with Crippen molar-refractivity contribution in [3.63, 3.8) is 0 Å². The van der Waals surface area contributed by atoms with Crippen LogP contribution in [-0.4, -0.2) is 31.2 Å². The molecule has 0 aliphatic rings. The Morgan fingerprint density at radius 1 is 1.20 bits per heavy atom. The molecule has 0 atom stereocenters. The SMILES string of the molecule is CCc1nc(S/C(=C\c2c(-c3ccccc3)[nH]c3c(C)cc(C)cc23)C(=O)O)n[nH]1. The van der Waals surface area contributed by atoms with Crippen LogP contribution in [0.15, 0.2) is 52.5 Å². The van der Waals surface area contributed by atoms with Gasteiger partial charge in [0.15, 0.2) is 0 Å². The molecule has 2 aromatic carbocycles. The molecule has 0 unspecified atom stereocenters. The molecule has 4 rings (SSSR count). The van der Waals surface area contributed by atoms with E-state index < -0.39 is 5.97 Å². The van der Waals surface area contributed by atoms with Crippen LogP contribution in [0.1, 0.15) is 29.4 Å². The molecule has 0 saturated carbocycles. The number of hydrogen-bond donors (Lipinski definition) is 3. The minimum atomic E-state index is -1.01. The molecule has 0 saturated heterocycles. The van der Waals surface area contributed by atoms with Crippen molar-refractivity contribution in [3.8, 4) is 11.3 Å². The topological polar surface area (TPSA) is 94.7 Å². The second-order valence-corrected chi connectivity index (χ2v) is 8.13. The number of benzene rings is 2. The lowest BCUT2D eigenvalue weighted by atomic mass is 10.0. The summed E-state index contributed by atoms with van der Waals surface area (Å²) in [5.74, 6) is -0.286. The van der Waals surface area contributed by atoms with E-state index >= 15 is 0 Å². The summed E-state index contributed by atoms with van der Waals surface area (Å²) in [4.78, 5) is 20.1. The molecule has 0 amide bonds. The lowest BCUT2D eigenvalue weighted by molar-refractivity contribution is -0.131. The Balaban J connectivity index is 1.91. The summed E-state index contributed by atoms with van der Waals surface area (Å²) in [6.07, 6.45) is 2.42. The van der Waals surface area contributed by atoms with E-state index in [2.05, 4.69) is 39.2 Å². The number of aromatic nitrogens is 4. The number of carboxylic acid groups (broad SMARTS) is 1. The van der Waals surface area contributed by atoms with E-state index in [0.717, 1.165) is 56.4 Å². The Morgan fingerprint density at radius 2 is 1.97 bits per heavy atom. The quantitative estimate of drug-likeness (QED) is 0.290. The Hall–Kier alpha value is -3.32. The lowest BCUT2D eigenvalue weighted by Gasteiger charge is -2.04.